The first-order valence-corrected chi connectivity index (χ1v) is 31.9. The van der Waals surface area contributed by atoms with E-state index in [-0.39, 0.29) is 48.8 Å². The van der Waals surface area contributed by atoms with E-state index in [4.69, 9.17) is 54.1 Å². The normalized spacial score (nSPS) is 13.1. The van der Waals surface area contributed by atoms with Crippen LogP contribution < -0.4 is 23.4 Å². The second kappa shape index (κ2) is 23.5. The lowest BCUT2D eigenvalue weighted by atomic mass is 9.96. The number of carbonyl (C=O) groups excluding carboxylic acids is 1. The number of fused-ring (bicyclic) bond motifs is 1. The molecule has 0 radical (unpaired) electrons. The number of hydrogen-bond acceptors (Lipinski definition) is 14. The van der Waals surface area contributed by atoms with Crippen LogP contribution in [0, 0.1) is 12.7 Å². The minimum atomic E-state index is -2.33. The molecule has 0 spiro atoms. The molecule has 18 heteroatoms. The van der Waals surface area contributed by atoms with Crippen molar-refractivity contribution in [3.8, 4) is 61.8 Å². The number of methoxy groups -OCH3 is 1. The van der Waals surface area contributed by atoms with Crippen LogP contribution in [0.3, 0.4) is 0 Å². The molecule has 0 aliphatic rings. The Kier molecular flexibility index (Phi) is 17.8. The van der Waals surface area contributed by atoms with E-state index in [0.29, 0.717) is 77.6 Å². The SMILES string of the molecule is CCOC(=O)[C@@H](Cc1cc(O[Si](C)(C)C(C)(C)C)ccc1OCc1ccnc(-c2ccccc2OC)n1)Oc1ncnc2sc(-c3ccc(F)cc3)c(-c3ccc(OC[C@H](O)CO[Si](C)(C)C(C)(C)C)c(Cl)c3C)c12. The summed E-state index contributed by atoms with van der Waals surface area (Å²) in [5.74, 6) is 1.67. The van der Waals surface area contributed by atoms with E-state index in [1.807, 2.05) is 55.5 Å². The molecule has 1 N–H and O–H groups in total. The molecular formula is C57H68ClFN4O9SSi2. The lowest BCUT2D eigenvalue weighted by Gasteiger charge is -2.36. The third-order valence-corrected chi connectivity index (χ3v) is 24.4. The largest absolute Gasteiger partial charge is 0.543 e. The maximum absolute atomic E-state index is 14.5. The summed E-state index contributed by atoms with van der Waals surface area (Å²) in [7, 11) is -2.84. The lowest BCUT2D eigenvalue weighted by Crippen LogP contribution is -2.43. The van der Waals surface area contributed by atoms with Gasteiger partial charge in [0.15, 0.2) is 14.1 Å². The minimum Gasteiger partial charge on any atom is -0.543 e. The number of esters is 1. The predicted molar refractivity (Wildman–Crippen MR) is 300 cm³/mol. The van der Waals surface area contributed by atoms with Crippen molar-refractivity contribution in [1.29, 1.82) is 0 Å². The van der Waals surface area contributed by atoms with Crippen LogP contribution in [0.15, 0.2) is 97.5 Å². The van der Waals surface area contributed by atoms with Crippen molar-refractivity contribution < 1.29 is 46.8 Å². The van der Waals surface area contributed by atoms with Crippen LogP contribution in [-0.2, 0) is 27.0 Å². The fourth-order valence-electron chi connectivity index (χ4n) is 7.55. The van der Waals surface area contributed by atoms with Gasteiger partial charge in [0, 0.05) is 28.6 Å². The first kappa shape index (κ1) is 56.8. The van der Waals surface area contributed by atoms with E-state index < -0.39 is 40.6 Å². The fraction of sp³-hybridized carbons (Fsp3) is 0.386. The number of hydrogen-bond donors (Lipinski definition) is 1. The Morgan fingerprint density at radius 1 is 0.827 bits per heavy atom. The van der Waals surface area contributed by atoms with E-state index >= 15 is 0 Å². The molecule has 7 aromatic rings. The zero-order chi connectivity index (χ0) is 54.5. The van der Waals surface area contributed by atoms with Crippen molar-refractivity contribution in [2.75, 3.05) is 26.9 Å². The Labute approximate surface area is 451 Å². The van der Waals surface area contributed by atoms with Gasteiger partial charge in [-0.05, 0) is 121 Å². The molecule has 0 saturated carbocycles. The molecule has 0 bridgehead atoms. The highest BCUT2D eigenvalue weighted by Crippen LogP contribution is 2.50. The number of aliphatic hydroxyl groups is 1. The van der Waals surface area contributed by atoms with Crippen LogP contribution in [0.4, 0.5) is 4.39 Å². The number of aliphatic hydroxyl groups excluding tert-OH is 1. The van der Waals surface area contributed by atoms with E-state index in [2.05, 4.69) is 77.7 Å². The van der Waals surface area contributed by atoms with Gasteiger partial charge in [0.2, 0.25) is 20.3 Å². The van der Waals surface area contributed by atoms with Crippen LogP contribution >= 0.6 is 22.9 Å². The highest BCUT2D eigenvalue weighted by Gasteiger charge is 2.40. The summed E-state index contributed by atoms with van der Waals surface area (Å²) < 4.78 is 58.3. The molecule has 0 fully saturated rings. The maximum Gasteiger partial charge on any atom is 0.347 e. The third-order valence-electron chi connectivity index (χ3n) is 13.9. The number of thiophene rings is 1. The second-order valence-corrected chi connectivity index (χ2v) is 32.2. The van der Waals surface area contributed by atoms with Crippen LogP contribution in [0.2, 0.25) is 41.3 Å². The quantitative estimate of drug-likeness (QED) is 0.0537. The smallest absolute Gasteiger partial charge is 0.347 e. The highest BCUT2D eigenvalue weighted by atomic mass is 35.5. The van der Waals surface area contributed by atoms with E-state index in [1.165, 1.54) is 29.8 Å². The molecule has 0 amide bonds. The second-order valence-electron chi connectivity index (χ2n) is 21.3. The zero-order valence-corrected chi connectivity index (χ0v) is 48.7. The summed E-state index contributed by atoms with van der Waals surface area (Å²) in [6.07, 6.45) is 0.901. The van der Waals surface area contributed by atoms with Gasteiger partial charge in [-0.25, -0.2) is 29.1 Å². The number of para-hydroxylation sites is 1. The number of carbonyl (C=O) groups is 1. The van der Waals surface area contributed by atoms with E-state index in [0.717, 1.165) is 10.4 Å². The van der Waals surface area contributed by atoms with Gasteiger partial charge in [-0.2, -0.15) is 0 Å². The third kappa shape index (κ3) is 13.4. The highest BCUT2D eigenvalue weighted by molar-refractivity contribution is 7.22. The Bertz CT molecular complexity index is 3130. The monoisotopic (exact) mass is 1090 g/mol. The number of aromatic nitrogens is 4. The Balaban J connectivity index is 1.27. The number of halogens is 2. The molecule has 0 aliphatic carbocycles. The van der Waals surface area contributed by atoms with Crippen molar-refractivity contribution >= 4 is 55.8 Å². The number of rotatable bonds is 21. The van der Waals surface area contributed by atoms with Gasteiger partial charge in [-0.1, -0.05) is 83.5 Å². The van der Waals surface area contributed by atoms with Crippen molar-refractivity contribution in [3.05, 3.63) is 125 Å². The summed E-state index contributed by atoms with van der Waals surface area (Å²) in [6, 6.07) is 24.7. The fourth-order valence-corrected chi connectivity index (χ4v) is 11.0. The lowest BCUT2D eigenvalue weighted by molar-refractivity contribution is -0.151. The van der Waals surface area contributed by atoms with Crippen LogP contribution in [-0.4, -0.2) is 86.8 Å². The van der Waals surface area contributed by atoms with E-state index in [1.54, 1.807) is 44.5 Å². The van der Waals surface area contributed by atoms with Gasteiger partial charge < -0.3 is 37.6 Å². The molecule has 0 aliphatic heterocycles. The summed E-state index contributed by atoms with van der Waals surface area (Å²) >= 11 is 8.51. The van der Waals surface area contributed by atoms with Crippen molar-refractivity contribution in [2.24, 2.45) is 0 Å². The molecule has 13 nitrogen and oxygen atoms in total. The topological polar surface area (TPSA) is 153 Å². The molecule has 0 saturated heterocycles. The van der Waals surface area contributed by atoms with E-state index in [9.17, 15) is 14.3 Å². The number of nitrogens with zero attached hydrogens (tertiary/aromatic N) is 4. The van der Waals surface area contributed by atoms with Gasteiger partial charge >= 0.3 is 5.97 Å². The van der Waals surface area contributed by atoms with Crippen molar-refractivity contribution in [3.63, 3.8) is 0 Å². The van der Waals surface area contributed by atoms with Crippen LogP contribution in [0.5, 0.6) is 28.9 Å². The molecule has 0 unspecified atom stereocenters. The Morgan fingerprint density at radius 2 is 1.53 bits per heavy atom. The first-order chi connectivity index (χ1) is 35.4. The predicted octanol–water partition coefficient (Wildman–Crippen LogP) is 13.9. The minimum absolute atomic E-state index is 0.0153. The summed E-state index contributed by atoms with van der Waals surface area (Å²) in [5.41, 5.74) is 4.67. The van der Waals surface area contributed by atoms with Gasteiger partial charge in [0.05, 0.1) is 42.0 Å². The summed E-state index contributed by atoms with van der Waals surface area (Å²) in [5, 5.41) is 11.6. The first-order valence-electron chi connectivity index (χ1n) is 24.9. The van der Waals surface area contributed by atoms with Gasteiger partial charge in [0.1, 0.15) is 59.3 Å². The molecule has 398 valence electrons. The van der Waals surface area contributed by atoms with Crippen LogP contribution in [0.25, 0.3) is 43.2 Å². The molecule has 7 rings (SSSR count). The molecular weight excluding hydrogens is 1030 g/mol. The maximum atomic E-state index is 14.5. The summed E-state index contributed by atoms with van der Waals surface area (Å²) in [4.78, 5) is 34.2. The molecule has 4 aromatic carbocycles. The average molecular weight is 1100 g/mol. The summed E-state index contributed by atoms with van der Waals surface area (Å²) in [6.45, 7) is 25.4. The van der Waals surface area contributed by atoms with Gasteiger partial charge in [-0.3, -0.25) is 0 Å². The van der Waals surface area contributed by atoms with Gasteiger partial charge in [0.25, 0.3) is 0 Å². The van der Waals surface area contributed by atoms with Crippen LogP contribution in [0.1, 0.15) is 65.3 Å². The number of ether oxygens (including phenoxy) is 5. The molecule has 3 aromatic heterocycles. The molecule has 3 heterocycles. The zero-order valence-electron chi connectivity index (χ0n) is 45.1. The molecule has 75 heavy (non-hydrogen) atoms. The number of benzene rings is 4. The van der Waals surface area contributed by atoms with Crippen molar-refractivity contribution in [2.45, 2.75) is 117 Å². The molecule has 2 atom stereocenters. The Morgan fingerprint density at radius 3 is 2.23 bits per heavy atom. The standard InChI is InChI=1S/C57H68ClFN4O9SSi2/c1-14-67-55(65)47(30-37-29-41(72-75(12,13)57(6,7)8)23-25-44(37)68-31-39-27-28-60-52(63-39)43-17-15-16-18-45(43)66-9)71-53-49-48(51(73-54(49)62-34-61-53)36-19-21-38(59)22-20-36)42-24-26-46(50(58)35(42)2)69-32-40(64)33-70-74(10,11)56(3,4)5/h15-29,34,40,47,64H,14,30-33H2,1-13H3/t40-,47+/m0/s1. The van der Waals surface area contributed by atoms with Gasteiger partial charge in [-0.15, -0.1) is 11.3 Å². The average Bonchev–Trinajstić information content (AvgIpc) is 3.75. The Hall–Kier alpha value is -5.96. The van der Waals surface area contributed by atoms with Crippen molar-refractivity contribution in [1.82, 2.24) is 19.9 Å².